The summed E-state index contributed by atoms with van der Waals surface area (Å²) in [6.45, 7) is 4.59. The number of aryl methyl sites for hydroxylation is 1. The van der Waals surface area contributed by atoms with E-state index in [1.54, 1.807) is 13.0 Å². The van der Waals surface area contributed by atoms with Crippen LogP contribution in [-0.2, 0) is 16.0 Å². The third-order valence-corrected chi connectivity index (χ3v) is 3.08. The summed E-state index contributed by atoms with van der Waals surface area (Å²) in [4.78, 5) is 22.3. The highest BCUT2D eigenvalue weighted by Gasteiger charge is 2.20. The molecule has 23 heavy (non-hydrogen) atoms. The lowest BCUT2D eigenvalue weighted by molar-refractivity contribution is -0.385. The van der Waals surface area contributed by atoms with Crippen molar-refractivity contribution in [3.8, 4) is 11.5 Å². The number of hydrogen-bond donors (Lipinski definition) is 1. The molecule has 0 amide bonds. The normalized spacial score (nSPS) is 10.2. The molecule has 0 unspecified atom stereocenters. The number of esters is 1. The first-order chi connectivity index (χ1) is 11.0. The number of hydrogen-bond acceptors (Lipinski definition) is 7. The molecule has 0 bridgehead atoms. The largest absolute Gasteiger partial charge is 0.490 e. The maximum absolute atomic E-state index is 11.6. The predicted molar refractivity (Wildman–Crippen MR) is 88.6 cm³/mol. The van der Waals surface area contributed by atoms with Crippen LogP contribution in [0.2, 0.25) is 0 Å². The van der Waals surface area contributed by atoms with Gasteiger partial charge in [0.25, 0.3) is 5.69 Å². The SMILES string of the molecule is CCOc1cc(CCC(=O)OCCS)c([N+](=O)[O-])cc1OCC. The summed E-state index contributed by atoms with van der Waals surface area (Å²) < 4.78 is 15.8. The molecule has 0 saturated carbocycles. The molecule has 0 spiro atoms. The molecule has 0 N–H and O–H groups in total. The van der Waals surface area contributed by atoms with Crippen molar-refractivity contribution in [2.75, 3.05) is 25.6 Å². The average Bonchev–Trinajstić information content (AvgIpc) is 2.52. The van der Waals surface area contributed by atoms with Gasteiger partial charge in [-0.05, 0) is 26.3 Å². The smallest absolute Gasteiger partial charge is 0.306 e. The first kappa shape index (κ1) is 19.1. The lowest BCUT2D eigenvalue weighted by atomic mass is 10.1. The van der Waals surface area contributed by atoms with Crippen LogP contribution in [0, 0.1) is 10.1 Å². The van der Waals surface area contributed by atoms with Gasteiger partial charge in [0.05, 0.1) is 24.2 Å². The topological polar surface area (TPSA) is 87.9 Å². The van der Waals surface area contributed by atoms with Crippen molar-refractivity contribution in [2.24, 2.45) is 0 Å². The van der Waals surface area contributed by atoms with Crippen LogP contribution >= 0.6 is 12.6 Å². The van der Waals surface area contributed by atoms with Gasteiger partial charge in [-0.15, -0.1) is 0 Å². The molecule has 0 aliphatic carbocycles. The monoisotopic (exact) mass is 343 g/mol. The molecule has 0 aliphatic rings. The van der Waals surface area contributed by atoms with Crippen molar-refractivity contribution < 1.29 is 23.9 Å². The molecule has 0 fully saturated rings. The van der Waals surface area contributed by atoms with Gasteiger partial charge in [0.15, 0.2) is 11.5 Å². The number of thiol groups is 1. The summed E-state index contributed by atoms with van der Waals surface area (Å²) in [6, 6.07) is 2.89. The minimum absolute atomic E-state index is 0.0498. The molecule has 1 aromatic rings. The molecule has 7 nitrogen and oxygen atoms in total. The predicted octanol–water partition coefficient (Wildman–Crippen LogP) is 2.80. The van der Waals surface area contributed by atoms with E-state index in [1.165, 1.54) is 6.07 Å². The van der Waals surface area contributed by atoms with E-state index in [-0.39, 0.29) is 25.1 Å². The van der Waals surface area contributed by atoms with Gasteiger partial charge in [0.2, 0.25) is 0 Å². The molecule has 0 aliphatic heterocycles. The van der Waals surface area contributed by atoms with Crippen molar-refractivity contribution in [2.45, 2.75) is 26.7 Å². The maximum Gasteiger partial charge on any atom is 0.306 e. The van der Waals surface area contributed by atoms with Crippen molar-refractivity contribution in [3.05, 3.63) is 27.8 Å². The minimum atomic E-state index is -0.493. The van der Waals surface area contributed by atoms with Crippen LogP contribution < -0.4 is 9.47 Å². The van der Waals surface area contributed by atoms with Gasteiger partial charge in [0, 0.05) is 17.7 Å². The molecule has 0 radical (unpaired) electrons. The lowest BCUT2D eigenvalue weighted by Gasteiger charge is -2.13. The van der Waals surface area contributed by atoms with Gasteiger partial charge < -0.3 is 14.2 Å². The van der Waals surface area contributed by atoms with Crippen molar-refractivity contribution >= 4 is 24.3 Å². The zero-order valence-electron chi connectivity index (χ0n) is 13.2. The summed E-state index contributed by atoms with van der Waals surface area (Å²) in [7, 11) is 0. The third-order valence-electron chi connectivity index (χ3n) is 2.89. The highest BCUT2D eigenvalue weighted by Crippen LogP contribution is 2.35. The molecule has 8 heteroatoms. The Morgan fingerprint density at radius 1 is 1.22 bits per heavy atom. The highest BCUT2D eigenvalue weighted by molar-refractivity contribution is 7.80. The molecular formula is C15H21NO6S. The molecule has 1 rings (SSSR count). The maximum atomic E-state index is 11.6. The first-order valence-electron chi connectivity index (χ1n) is 7.36. The zero-order chi connectivity index (χ0) is 17.2. The van der Waals surface area contributed by atoms with Gasteiger partial charge in [-0.1, -0.05) is 0 Å². The van der Waals surface area contributed by atoms with E-state index >= 15 is 0 Å². The second-order valence-corrected chi connectivity index (χ2v) is 4.94. The number of ether oxygens (including phenoxy) is 3. The van der Waals surface area contributed by atoms with E-state index in [2.05, 4.69) is 12.6 Å². The second kappa shape index (κ2) is 9.94. The van der Waals surface area contributed by atoms with Crippen LogP contribution in [0.3, 0.4) is 0 Å². The van der Waals surface area contributed by atoms with Crippen LogP contribution in [-0.4, -0.2) is 36.5 Å². The molecule has 1 aromatic carbocycles. The summed E-state index contributed by atoms with van der Waals surface area (Å²) in [5.74, 6) is 0.769. The van der Waals surface area contributed by atoms with Crippen molar-refractivity contribution in [1.29, 1.82) is 0 Å². The number of nitrogens with zero attached hydrogens (tertiary/aromatic N) is 1. The van der Waals surface area contributed by atoms with E-state index < -0.39 is 10.9 Å². The van der Waals surface area contributed by atoms with Crippen LogP contribution in [0.1, 0.15) is 25.8 Å². The highest BCUT2D eigenvalue weighted by atomic mass is 32.1. The molecule has 0 aromatic heterocycles. The van der Waals surface area contributed by atoms with Crippen LogP contribution in [0.5, 0.6) is 11.5 Å². The number of rotatable bonds is 10. The molecule has 0 saturated heterocycles. The quantitative estimate of drug-likeness (QED) is 0.304. The Labute approximate surface area is 140 Å². The Balaban J connectivity index is 3.00. The number of nitro groups is 1. The summed E-state index contributed by atoms with van der Waals surface area (Å²) in [5.41, 5.74) is 0.309. The molecule has 0 atom stereocenters. The number of nitro benzene ring substituents is 1. The Morgan fingerprint density at radius 3 is 2.35 bits per heavy atom. The van der Waals surface area contributed by atoms with Gasteiger partial charge in [-0.2, -0.15) is 12.6 Å². The number of benzene rings is 1. The standard InChI is InChI=1S/C15H21NO6S/c1-3-20-13-9-11(5-6-15(17)22-7-8-23)12(16(18)19)10-14(13)21-4-2/h9-10,23H,3-8H2,1-2H3. The van der Waals surface area contributed by atoms with Crippen molar-refractivity contribution in [1.82, 2.24) is 0 Å². The third kappa shape index (κ3) is 5.97. The first-order valence-corrected chi connectivity index (χ1v) is 8.00. The summed E-state index contributed by atoms with van der Waals surface area (Å²) >= 11 is 3.95. The van der Waals surface area contributed by atoms with Gasteiger partial charge in [-0.3, -0.25) is 14.9 Å². The Kier molecular flexibility index (Phi) is 8.25. The Hall–Kier alpha value is -1.96. The molecule has 0 heterocycles. The van der Waals surface area contributed by atoms with Gasteiger partial charge in [-0.25, -0.2) is 0 Å². The fourth-order valence-corrected chi connectivity index (χ4v) is 2.06. The van der Waals surface area contributed by atoms with E-state index in [1.807, 2.05) is 6.92 Å². The van der Waals surface area contributed by atoms with Crippen LogP contribution in [0.4, 0.5) is 5.69 Å². The number of carbonyl (C=O) groups is 1. The molecule has 128 valence electrons. The fraction of sp³-hybridized carbons (Fsp3) is 0.533. The average molecular weight is 343 g/mol. The van der Waals surface area contributed by atoms with Gasteiger partial charge in [0.1, 0.15) is 6.61 Å². The Morgan fingerprint density at radius 2 is 1.83 bits per heavy atom. The number of carbonyl (C=O) groups excluding carboxylic acids is 1. The fourth-order valence-electron chi connectivity index (χ4n) is 1.97. The minimum Gasteiger partial charge on any atom is -0.490 e. The van der Waals surface area contributed by atoms with Crippen LogP contribution in [0.15, 0.2) is 12.1 Å². The summed E-state index contributed by atoms with van der Waals surface area (Å²) in [6.07, 6.45) is 0.238. The molecular weight excluding hydrogens is 322 g/mol. The Bertz CT molecular complexity index is 549. The van der Waals surface area contributed by atoms with E-state index in [0.29, 0.717) is 36.0 Å². The van der Waals surface area contributed by atoms with E-state index in [0.717, 1.165) is 0 Å². The summed E-state index contributed by atoms with van der Waals surface area (Å²) in [5, 5.41) is 11.2. The van der Waals surface area contributed by atoms with E-state index in [9.17, 15) is 14.9 Å². The second-order valence-electron chi connectivity index (χ2n) is 4.49. The van der Waals surface area contributed by atoms with E-state index in [4.69, 9.17) is 14.2 Å². The lowest BCUT2D eigenvalue weighted by Crippen LogP contribution is -2.09. The zero-order valence-corrected chi connectivity index (χ0v) is 14.1. The van der Waals surface area contributed by atoms with Crippen LogP contribution in [0.25, 0.3) is 0 Å². The van der Waals surface area contributed by atoms with Crippen molar-refractivity contribution in [3.63, 3.8) is 0 Å². The van der Waals surface area contributed by atoms with Gasteiger partial charge >= 0.3 is 5.97 Å².